The standard InChI is InChI=1S/C25H19ClN2OS/c1-30-21-10-2-17(3-11-21)4-13-25(29)18-5-8-20(9-6-18)28-23-14-15-27-24-16-19(26)7-12-22(23)24/h2-16H,1H3,(H,27,28)/b13-4+. The number of nitrogens with one attached hydrogen (secondary N) is 1. The zero-order valence-electron chi connectivity index (χ0n) is 16.3. The number of carbonyl (C=O) groups excluding carboxylic acids is 1. The van der Waals surface area contributed by atoms with Crippen molar-refractivity contribution in [3.63, 3.8) is 0 Å². The molecule has 0 unspecified atom stereocenters. The van der Waals surface area contributed by atoms with E-state index < -0.39 is 0 Å². The quantitative estimate of drug-likeness (QED) is 0.199. The molecule has 0 saturated carbocycles. The Morgan fingerprint density at radius 1 is 1.00 bits per heavy atom. The van der Waals surface area contributed by atoms with Gasteiger partial charge in [-0.25, -0.2) is 0 Å². The summed E-state index contributed by atoms with van der Waals surface area (Å²) in [4.78, 5) is 18.0. The molecule has 148 valence electrons. The van der Waals surface area contributed by atoms with E-state index in [0.29, 0.717) is 10.6 Å². The number of fused-ring (bicyclic) bond motifs is 1. The van der Waals surface area contributed by atoms with Gasteiger partial charge in [-0.3, -0.25) is 9.78 Å². The minimum atomic E-state index is -0.0282. The van der Waals surface area contributed by atoms with E-state index >= 15 is 0 Å². The molecule has 0 amide bonds. The van der Waals surface area contributed by atoms with Crippen molar-refractivity contribution in [2.45, 2.75) is 4.90 Å². The fourth-order valence-corrected chi connectivity index (χ4v) is 3.66. The van der Waals surface area contributed by atoms with E-state index in [0.717, 1.165) is 27.8 Å². The lowest BCUT2D eigenvalue weighted by Gasteiger charge is -2.10. The molecule has 0 radical (unpaired) electrons. The molecule has 0 aliphatic rings. The number of hydrogen-bond acceptors (Lipinski definition) is 4. The summed E-state index contributed by atoms with van der Waals surface area (Å²) in [5, 5.41) is 5.03. The fraction of sp³-hybridized carbons (Fsp3) is 0.0400. The summed E-state index contributed by atoms with van der Waals surface area (Å²) >= 11 is 7.75. The lowest BCUT2D eigenvalue weighted by molar-refractivity contribution is 0.104. The van der Waals surface area contributed by atoms with Gasteiger partial charge in [0.2, 0.25) is 0 Å². The number of aromatic nitrogens is 1. The molecule has 5 heteroatoms. The normalized spacial score (nSPS) is 11.1. The third kappa shape index (κ3) is 4.73. The van der Waals surface area contributed by atoms with E-state index in [4.69, 9.17) is 11.6 Å². The van der Waals surface area contributed by atoms with Crippen LogP contribution in [-0.4, -0.2) is 17.0 Å². The van der Waals surface area contributed by atoms with Crippen molar-refractivity contribution < 1.29 is 4.79 Å². The average molecular weight is 431 g/mol. The van der Waals surface area contributed by atoms with Crippen LogP contribution in [0.25, 0.3) is 17.0 Å². The summed E-state index contributed by atoms with van der Waals surface area (Å²) < 4.78 is 0. The average Bonchev–Trinajstić information content (AvgIpc) is 2.78. The number of hydrogen-bond donors (Lipinski definition) is 1. The molecule has 1 aromatic heterocycles. The first-order chi connectivity index (χ1) is 14.6. The monoisotopic (exact) mass is 430 g/mol. The van der Waals surface area contributed by atoms with Gasteiger partial charge in [0.25, 0.3) is 0 Å². The highest BCUT2D eigenvalue weighted by Crippen LogP contribution is 2.27. The van der Waals surface area contributed by atoms with Crippen LogP contribution in [0.4, 0.5) is 11.4 Å². The van der Waals surface area contributed by atoms with Crippen LogP contribution < -0.4 is 5.32 Å². The minimum Gasteiger partial charge on any atom is -0.355 e. The Balaban J connectivity index is 1.47. The number of allylic oxidation sites excluding steroid dienone is 1. The zero-order valence-corrected chi connectivity index (χ0v) is 17.9. The van der Waals surface area contributed by atoms with Gasteiger partial charge in [0.1, 0.15) is 0 Å². The van der Waals surface area contributed by atoms with Crippen molar-refractivity contribution in [1.29, 1.82) is 0 Å². The first-order valence-electron chi connectivity index (χ1n) is 9.40. The molecule has 0 spiro atoms. The van der Waals surface area contributed by atoms with Crippen molar-refractivity contribution in [2.75, 3.05) is 11.6 Å². The van der Waals surface area contributed by atoms with Gasteiger partial charge in [0.15, 0.2) is 5.78 Å². The molecule has 0 atom stereocenters. The number of benzene rings is 3. The molecular formula is C25H19ClN2OS. The number of nitrogens with zero attached hydrogens (tertiary/aromatic N) is 1. The highest BCUT2D eigenvalue weighted by molar-refractivity contribution is 7.98. The molecule has 0 aliphatic carbocycles. The lowest BCUT2D eigenvalue weighted by atomic mass is 10.1. The molecule has 3 nitrogen and oxygen atoms in total. The first kappa shape index (κ1) is 20.2. The second kappa shape index (κ2) is 9.16. The van der Waals surface area contributed by atoms with Gasteiger partial charge in [-0.2, -0.15) is 0 Å². The van der Waals surface area contributed by atoms with E-state index in [-0.39, 0.29) is 5.78 Å². The SMILES string of the molecule is CSc1ccc(/C=C/C(=O)c2ccc(Nc3ccnc4cc(Cl)ccc34)cc2)cc1. The largest absolute Gasteiger partial charge is 0.355 e. The van der Waals surface area contributed by atoms with Crippen molar-refractivity contribution in [2.24, 2.45) is 0 Å². The maximum atomic E-state index is 12.5. The number of thioether (sulfide) groups is 1. The maximum Gasteiger partial charge on any atom is 0.185 e. The van der Waals surface area contributed by atoms with Crippen LogP contribution in [0, 0.1) is 0 Å². The number of halogens is 1. The van der Waals surface area contributed by atoms with Gasteiger partial charge in [-0.05, 0) is 78.6 Å². The molecular weight excluding hydrogens is 412 g/mol. The summed E-state index contributed by atoms with van der Waals surface area (Å²) in [6.07, 6.45) is 7.23. The zero-order chi connectivity index (χ0) is 20.9. The number of rotatable bonds is 6. The summed E-state index contributed by atoms with van der Waals surface area (Å²) in [6, 6.07) is 23.1. The molecule has 4 aromatic rings. The van der Waals surface area contributed by atoms with Gasteiger partial charge < -0.3 is 5.32 Å². The highest BCUT2D eigenvalue weighted by atomic mass is 35.5. The lowest BCUT2D eigenvalue weighted by Crippen LogP contribution is -1.96. The van der Waals surface area contributed by atoms with Gasteiger partial charge in [-0.15, -0.1) is 11.8 Å². The van der Waals surface area contributed by atoms with Crippen LogP contribution in [0.1, 0.15) is 15.9 Å². The predicted molar refractivity (Wildman–Crippen MR) is 128 cm³/mol. The van der Waals surface area contributed by atoms with Crippen LogP contribution in [0.5, 0.6) is 0 Å². The number of anilines is 2. The van der Waals surface area contributed by atoms with E-state index in [2.05, 4.69) is 10.3 Å². The summed E-state index contributed by atoms with van der Waals surface area (Å²) in [6.45, 7) is 0. The van der Waals surface area contributed by atoms with E-state index in [1.165, 1.54) is 4.90 Å². The maximum absolute atomic E-state index is 12.5. The highest BCUT2D eigenvalue weighted by Gasteiger charge is 2.05. The molecule has 3 aromatic carbocycles. The van der Waals surface area contributed by atoms with Crippen LogP contribution in [0.3, 0.4) is 0 Å². The van der Waals surface area contributed by atoms with E-state index in [1.54, 1.807) is 24.0 Å². The van der Waals surface area contributed by atoms with Crippen LogP contribution in [-0.2, 0) is 0 Å². The van der Waals surface area contributed by atoms with Crippen molar-refractivity contribution in [1.82, 2.24) is 4.98 Å². The number of pyridine rings is 1. The minimum absolute atomic E-state index is 0.0282. The number of carbonyl (C=O) groups is 1. The molecule has 0 bridgehead atoms. The van der Waals surface area contributed by atoms with Gasteiger partial charge in [0, 0.05) is 38.4 Å². The Morgan fingerprint density at radius 2 is 1.77 bits per heavy atom. The van der Waals surface area contributed by atoms with Crippen LogP contribution >= 0.6 is 23.4 Å². The van der Waals surface area contributed by atoms with Crippen molar-refractivity contribution in [3.8, 4) is 0 Å². The van der Waals surface area contributed by atoms with E-state index in [1.807, 2.05) is 85.1 Å². The Bertz CT molecular complexity index is 1220. The molecule has 0 saturated heterocycles. The predicted octanol–water partition coefficient (Wildman–Crippen LogP) is 7.25. The van der Waals surface area contributed by atoms with Gasteiger partial charge >= 0.3 is 0 Å². The summed E-state index contributed by atoms with van der Waals surface area (Å²) in [5.41, 5.74) is 4.30. The second-order valence-electron chi connectivity index (χ2n) is 6.69. The van der Waals surface area contributed by atoms with Gasteiger partial charge in [0.05, 0.1) is 5.52 Å². The first-order valence-corrected chi connectivity index (χ1v) is 11.0. The van der Waals surface area contributed by atoms with Gasteiger partial charge in [-0.1, -0.05) is 29.8 Å². The Kier molecular flexibility index (Phi) is 6.17. The molecule has 4 rings (SSSR count). The second-order valence-corrected chi connectivity index (χ2v) is 8.01. The fourth-order valence-electron chi connectivity index (χ4n) is 3.09. The molecule has 1 N–H and O–H groups in total. The summed E-state index contributed by atoms with van der Waals surface area (Å²) in [5.74, 6) is -0.0282. The smallest absolute Gasteiger partial charge is 0.185 e. The summed E-state index contributed by atoms with van der Waals surface area (Å²) in [7, 11) is 0. The van der Waals surface area contributed by atoms with Crippen molar-refractivity contribution in [3.05, 3.63) is 101 Å². The molecule has 0 fully saturated rings. The van der Waals surface area contributed by atoms with Crippen LogP contribution in [0.15, 0.2) is 90.0 Å². The molecule has 30 heavy (non-hydrogen) atoms. The number of ketones is 1. The Hall–Kier alpha value is -3.08. The van der Waals surface area contributed by atoms with Crippen molar-refractivity contribution >= 4 is 57.5 Å². The van der Waals surface area contributed by atoms with E-state index in [9.17, 15) is 4.79 Å². The third-order valence-corrected chi connectivity index (χ3v) is 5.67. The topological polar surface area (TPSA) is 42.0 Å². The third-order valence-electron chi connectivity index (χ3n) is 4.70. The Morgan fingerprint density at radius 3 is 2.50 bits per heavy atom. The van der Waals surface area contributed by atoms with Crippen LogP contribution in [0.2, 0.25) is 5.02 Å². The molecule has 0 aliphatic heterocycles. The Labute approximate surface area is 184 Å². The molecule has 1 heterocycles.